The molecule has 12 atom stereocenters. The molecule has 0 spiro atoms. The number of carbonyl (C=O) groups excluding carboxylic acids is 13. The number of aryl methyl sites for hydroxylation is 3. The Kier molecular flexibility index (Phi) is 43.0. The summed E-state index contributed by atoms with van der Waals surface area (Å²) in [5.41, 5.74) is -0.923. The number of hydrogen-bond acceptors (Lipinski definition) is 32. The van der Waals surface area contributed by atoms with Gasteiger partial charge in [-0.2, -0.15) is 0 Å². The third kappa shape index (κ3) is 35.4. The van der Waals surface area contributed by atoms with Gasteiger partial charge in [0, 0.05) is 19.6 Å². The average Bonchev–Trinajstić information content (AvgIpc) is 1.28. The molecule has 1 aliphatic rings. The molecule has 3 aromatic rings. The monoisotopic (exact) mass is 1700 g/mol. The van der Waals surface area contributed by atoms with Crippen LogP contribution in [0, 0.1) is 20.8 Å². The highest BCUT2D eigenvalue weighted by Gasteiger charge is 2.41. The maximum atomic E-state index is 14.9. The molecule has 1 fully saturated rings. The van der Waals surface area contributed by atoms with E-state index in [-0.39, 0.29) is 60.4 Å². The van der Waals surface area contributed by atoms with Gasteiger partial charge in [0.15, 0.2) is 66.5 Å². The number of aliphatic hydroxyl groups excluding tert-OH is 4. The Bertz CT molecular complexity index is 4110. The number of rotatable bonds is 39. The molecule has 18 N–H and O–H groups in total. The summed E-state index contributed by atoms with van der Waals surface area (Å²) in [6.45, 7) is 3.10. The molecule has 0 saturated carbocycles. The number of alkyl carbamates (subject to hydrolysis) is 3. The second-order valence-corrected chi connectivity index (χ2v) is 27.3. The molecule has 118 heavy (non-hydrogen) atoms. The Morgan fingerprint density at radius 3 is 1.38 bits per heavy atom. The zero-order valence-electron chi connectivity index (χ0n) is 65.6. The molecule has 1 aliphatic heterocycles. The van der Waals surface area contributed by atoms with Crippen molar-refractivity contribution in [2.45, 2.75) is 256 Å². The Hall–Kier alpha value is -11.6. The molecule has 47 heteroatoms. The zero-order valence-corrected chi connectivity index (χ0v) is 66.3. The normalized spacial score (nSPS) is 20.5. The molecule has 658 valence electrons. The second kappa shape index (κ2) is 51.4. The fourth-order valence-electron chi connectivity index (χ4n) is 11.1. The maximum absolute atomic E-state index is 14.9. The Balaban J connectivity index is 1.88. The largest absolute Gasteiger partial charge is 0.519 e. The van der Waals surface area contributed by atoms with Gasteiger partial charge in [0.05, 0.1) is 37.0 Å². The van der Waals surface area contributed by atoms with Crippen molar-refractivity contribution in [1.29, 1.82) is 0 Å². The molecule has 12 amide bonds. The van der Waals surface area contributed by atoms with E-state index in [0.717, 1.165) is 77.7 Å². The van der Waals surface area contributed by atoms with E-state index >= 15 is 0 Å². The van der Waals surface area contributed by atoms with Crippen molar-refractivity contribution in [2.24, 2.45) is 0 Å². The molecular formula is C71H103ClN12O34. The average molecular weight is 1700 g/mol. The third-order valence-electron chi connectivity index (χ3n) is 17.7. The lowest BCUT2D eigenvalue weighted by atomic mass is 10.0. The number of unbranched alkanes of at least 4 members (excludes halogenated alkanes) is 11. The smallest absolute Gasteiger partial charge is 0.481 e. The lowest BCUT2D eigenvalue weighted by Gasteiger charge is -2.29. The van der Waals surface area contributed by atoms with Gasteiger partial charge < -0.3 is 140 Å². The first-order chi connectivity index (χ1) is 55.9. The number of nitrogens with one attached hydrogen (secondary N) is 12. The molecule has 0 aromatic carbocycles. The van der Waals surface area contributed by atoms with Gasteiger partial charge in [-0.25, -0.2) is 38.4 Å². The number of cyclic esters (lactones) is 1. The number of hydrogen-bond donors (Lipinski definition) is 18. The zero-order chi connectivity index (χ0) is 87.7. The molecule has 4 heterocycles. The van der Waals surface area contributed by atoms with Gasteiger partial charge in [0.1, 0.15) is 54.6 Å². The number of halogens is 1. The molecule has 3 aromatic heterocycles. The maximum Gasteiger partial charge on any atom is 0.519 e. The minimum Gasteiger partial charge on any atom is -0.481 e. The number of aliphatic carboxylic acids is 2. The SMILES string of the molecule is C/C=C1/NC(=O)[C@H]([C@H](C)O)NC(=O)[C@H](CCNC(=O)OCc2oc(=O)oc2C)NC(=O)[C@H](CCCCNC(=O)OCc2oc(=O)oc2C)NC(=O)[C@H](CC(=O)O)NC(=O)[C@@H](CCNC(=O)OCc2oc(=O)oc2C)NC(=O)[C@@H](NC(=O)C[C@H](O)CCCCCCCCCCCCC)COC(=O)[C@H]([C@H](O)CCl)NC(=O)[C@H]([C@H](O)C(=O)O)NC1=O. The van der Waals surface area contributed by atoms with E-state index in [9.17, 15) is 117 Å². The summed E-state index contributed by atoms with van der Waals surface area (Å²) in [4.78, 5) is 243. The molecule has 46 nitrogen and oxygen atoms in total. The van der Waals surface area contributed by atoms with E-state index in [1.807, 2.05) is 16.0 Å². The minimum atomic E-state index is -2.97. The number of amides is 12. The first kappa shape index (κ1) is 98.7. The summed E-state index contributed by atoms with van der Waals surface area (Å²) in [5, 5.41) is 90.4. The van der Waals surface area contributed by atoms with Crippen LogP contribution >= 0.6 is 11.6 Å². The molecule has 4 rings (SSSR count). The first-order valence-corrected chi connectivity index (χ1v) is 38.3. The lowest BCUT2D eigenvalue weighted by molar-refractivity contribution is -0.155. The van der Waals surface area contributed by atoms with Crippen LogP contribution in [0.15, 0.2) is 52.7 Å². The molecule has 0 radical (unpaired) electrons. The van der Waals surface area contributed by atoms with Crippen molar-refractivity contribution in [1.82, 2.24) is 63.8 Å². The van der Waals surface area contributed by atoms with E-state index in [0.29, 0.717) is 12.8 Å². The number of ether oxygens (including phenoxy) is 4. The van der Waals surface area contributed by atoms with Crippen molar-refractivity contribution >= 4 is 101 Å². The van der Waals surface area contributed by atoms with Crippen LogP contribution in [0.1, 0.15) is 177 Å². The van der Waals surface area contributed by atoms with Crippen LogP contribution in [0.25, 0.3) is 0 Å². The van der Waals surface area contributed by atoms with Gasteiger partial charge in [0.2, 0.25) is 47.3 Å². The standard InChI is InChI=1S/C71H103ClN12O34/c1-7-9-10-11-12-13-14-15-16-17-18-21-39(86)28-50(88)76-45-31-109-65(102)53(46(87)30-72)83-63(99)54(55(91)64(100)101)84-56(92)40(8-2)77-62(98)52(35(3)85)82-59(95)43(24-27-75-68(105)112-34-49-38(6)115-71(108)118-49)79-57(93)41(22-19-20-25-73-66(103)110-32-47-36(4)113-69(106)116-47)78-60(96)44(29-51(89)90)81-58(94)42(80-61(45)97)23-26-74-67(104)111-33-48-37(5)114-70(107)117-48/h8,35,39,41-46,52-55,85-87,91H,7,9-34H2,1-6H3,(H,73,103)(H,74,104)(H,75,105)(H,76,88)(H,77,98)(H,78,96)(H,79,93)(H,80,97)(H,81,94)(H,82,95)(H,83,99)(H,84,92)(H,89,90)(H,100,101)/b40-8+/t35-,39+,41-,42+,43-,44-,45-,46+,52-,53-,54-,55-/m0/s1. The van der Waals surface area contributed by atoms with Crippen LogP contribution in [0.2, 0.25) is 0 Å². The van der Waals surface area contributed by atoms with Gasteiger partial charge in [-0.3, -0.25) is 47.9 Å². The van der Waals surface area contributed by atoms with E-state index in [2.05, 4.69) is 54.8 Å². The summed E-state index contributed by atoms with van der Waals surface area (Å²) in [5.74, 6) is -24.3. The molecule has 1 saturated heterocycles. The van der Waals surface area contributed by atoms with Crippen molar-refractivity contribution < 1.29 is 148 Å². The summed E-state index contributed by atoms with van der Waals surface area (Å²) < 4.78 is 49.3. The van der Waals surface area contributed by atoms with E-state index in [1.165, 1.54) is 20.8 Å². The predicted octanol–water partition coefficient (Wildman–Crippen LogP) is -1.91. The fourth-order valence-corrected chi connectivity index (χ4v) is 11.3. The van der Waals surface area contributed by atoms with Crippen molar-refractivity contribution in [3.8, 4) is 0 Å². The number of esters is 1. The molecule has 0 bridgehead atoms. The summed E-state index contributed by atoms with van der Waals surface area (Å²) in [7, 11) is 0. The number of carboxylic acid groups (broad SMARTS) is 2. The summed E-state index contributed by atoms with van der Waals surface area (Å²) in [6.07, 6.45) is -5.31. The van der Waals surface area contributed by atoms with E-state index in [4.69, 9.17) is 57.1 Å². The highest BCUT2D eigenvalue weighted by atomic mass is 35.5. The number of allylic oxidation sites excluding steroid dienone is 1. The number of carbonyl (C=O) groups is 15. The summed E-state index contributed by atoms with van der Waals surface area (Å²) >= 11 is 5.95. The molecule has 0 unspecified atom stereocenters. The van der Waals surface area contributed by atoms with Crippen LogP contribution in [0.4, 0.5) is 14.4 Å². The molecule has 0 aliphatic carbocycles. The van der Waals surface area contributed by atoms with Gasteiger partial charge in [-0.1, -0.05) is 83.6 Å². The number of alkyl halides is 1. The molecular weight excluding hydrogens is 1600 g/mol. The topological polar surface area (TPSA) is 689 Å². The van der Waals surface area contributed by atoms with Crippen molar-refractivity contribution in [2.75, 3.05) is 32.1 Å². The van der Waals surface area contributed by atoms with Gasteiger partial charge in [0.25, 0.3) is 5.91 Å². The highest BCUT2D eigenvalue weighted by molar-refractivity contribution is 6.18. The van der Waals surface area contributed by atoms with Crippen LogP contribution in [-0.2, 0) is 96.3 Å². The third-order valence-corrected chi connectivity index (χ3v) is 18.0. The fraction of sp³-hybridized carbons (Fsp3) is 0.634. The second-order valence-electron chi connectivity index (χ2n) is 27.0. The summed E-state index contributed by atoms with van der Waals surface area (Å²) in [6, 6.07) is -18.1. The number of carboxylic acids is 2. The van der Waals surface area contributed by atoms with Crippen LogP contribution in [0.5, 0.6) is 0 Å². The van der Waals surface area contributed by atoms with Crippen molar-refractivity contribution in [3.05, 3.63) is 78.2 Å². The van der Waals surface area contributed by atoms with Gasteiger partial charge in [-0.05, 0) is 73.1 Å². The van der Waals surface area contributed by atoms with Crippen molar-refractivity contribution in [3.63, 3.8) is 0 Å². The Morgan fingerprint density at radius 2 is 0.941 bits per heavy atom. The van der Waals surface area contributed by atoms with Crippen LogP contribution in [0.3, 0.4) is 0 Å². The predicted molar refractivity (Wildman–Crippen MR) is 398 cm³/mol. The lowest BCUT2D eigenvalue weighted by Crippen LogP contribution is -2.62. The number of aliphatic hydroxyl groups is 4. The quantitative estimate of drug-likeness (QED) is 0.00974. The van der Waals surface area contributed by atoms with Crippen LogP contribution < -0.4 is 81.3 Å². The van der Waals surface area contributed by atoms with Crippen LogP contribution in [-0.4, -0.2) is 225 Å². The van der Waals surface area contributed by atoms with Gasteiger partial charge in [-0.15, -0.1) is 11.6 Å². The highest BCUT2D eigenvalue weighted by Crippen LogP contribution is 2.17. The van der Waals surface area contributed by atoms with E-state index < -0.39 is 263 Å². The Morgan fingerprint density at radius 1 is 0.508 bits per heavy atom. The minimum absolute atomic E-state index is 0.00199. The first-order valence-electron chi connectivity index (χ1n) is 37.7. The Labute approximate surface area is 676 Å². The van der Waals surface area contributed by atoms with Gasteiger partial charge >= 0.3 is 53.7 Å². The van der Waals surface area contributed by atoms with E-state index in [1.54, 1.807) is 0 Å².